The van der Waals surface area contributed by atoms with Crippen LogP contribution in [0.4, 0.5) is 11.4 Å². The predicted molar refractivity (Wildman–Crippen MR) is 114 cm³/mol. The molecular weight excluding hydrogens is 382 g/mol. The second-order valence-electron chi connectivity index (χ2n) is 6.76. The molecule has 4 aromatic rings. The Morgan fingerprint density at radius 3 is 2.60 bits per heavy atom. The number of hydrogen-bond acceptors (Lipinski definition) is 5. The van der Waals surface area contributed by atoms with E-state index in [1.807, 2.05) is 49.4 Å². The smallest absolute Gasteiger partial charge is 0.280 e. The van der Waals surface area contributed by atoms with Crippen LogP contribution in [-0.2, 0) is 0 Å². The second kappa shape index (κ2) is 7.75. The van der Waals surface area contributed by atoms with Crippen LogP contribution in [-0.4, -0.2) is 32.4 Å². The molecule has 0 bridgehead atoms. The van der Waals surface area contributed by atoms with E-state index in [4.69, 9.17) is 0 Å². The molecule has 0 aliphatic rings. The minimum absolute atomic E-state index is 0.0544. The zero-order chi connectivity index (χ0) is 21.3. The summed E-state index contributed by atoms with van der Waals surface area (Å²) in [5.41, 5.74) is 1.93. The van der Waals surface area contributed by atoms with Gasteiger partial charge in [0.05, 0.1) is 22.0 Å². The number of nitro benzene ring substituents is 1. The van der Waals surface area contributed by atoms with Gasteiger partial charge in [-0.1, -0.05) is 47.7 Å². The first kappa shape index (κ1) is 19.3. The third-order valence-electron chi connectivity index (χ3n) is 5.00. The number of fused-ring (bicyclic) bond motifs is 1. The lowest BCUT2D eigenvalue weighted by atomic mass is 10.1. The van der Waals surface area contributed by atoms with Crippen molar-refractivity contribution in [3.63, 3.8) is 0 Å². The zero-order valence-corrected chi connectivity index (χ0v) is 16.5. The van der Waals surface area contributed by atoms with Crippen LogP contribution in [0.5, 0.6) is 0 Å². The molecule has 3 aromatic carbocycles. The largest absolute Gasteiger partial charge is 0.307 e. The number of benzene rings is 3. The van der Waals surface area contributed by atoms with Crippen molar-refractivity contribution >= 4 is 28.1 Å². The number of rotatable bonds is 5. The minimum atomic E-state index is -0.471. The summed E-state index contributed by atoms with van der Waals surface area (Å²) in [6.07, 6.45) is 0. The van der Waals surface area contributed by atoms with E-state index < -0.39 is 4.92 Å². The molecule has 0 fully saturated rings. The standard InChI is InChI=1S/C22H19N5O3/c1-3-25(20-13-6-9-16-8-4-5-12-19(16)20)22(28)21-15(2)26(24-23-21)17-10-7-11-18(14-17)27(29)30/h4-14H,3H2,1-2H3. The zero-order valence-electron chi connectivity index (χ0n) is 16.5. The van der Waals surface area contributed by atoms with Gasteiger partial charge in [0.15, 0.2) is 5.69 Å². The number of carbonyl (C=O) groups is 1. The number of non-ortho nitro benzene ring substituents is 1. The molecule has 0 radical (unpaired) electrons. The van der Waals surface area contributed by atoms with Gasteiger partial charge >= 0.3 is 0 Å². The Morgan fingerprint density at radius 1 is 1.10 bits per heavy atom. The maximum Gasteiger partial charge on any atom is 0.280 e. The second-order valence-corrected chi connectivity index (χ2v) is 6.76. The Morgan fingerprint density at radius 2 is 1.83 bits per heavy atom. The fourth-order valence-corrected chi connectivity index (χ4v) is 3.51. The molecule has 150 valence electrons. The highest BCUT2D eigenvalue weighted by atomic mass is 16.6. The van der Waals surface area contributed by atoms with Gasteiger partial charge in [-0.3, -0.25) is 14.9 Å². The molecule has 0 spiro atoms. The third-order valence-corrected chi connectivity index (χ3v) is 5.00. The molecule has 8 nitrogen and oxygen atoms in total. The lowest BCUT2D eigenvalue weighted by Gasteiger charge is -2.22. The van der Waals surface area contributed by atoms with Crippen LogP contribution in [0.25, 0.3) is 16.5 Å². The van der Waals surface area contributed by atoms with E-state index in [1.54, 1.807) is 24.0 Å². The van der Waals surface area contributed by atoms with E-state index in [9.17, 15) is 14.9 Å². The average Bonchev–Trinajstić information content (AvgIpc) is 3.15. The Hall–Kier alpha value is -4.07. The number of nitro groups is 1. The van der Waals surface area contributed by atoms with Gasteiger partial charge in [-0.15, -0.1) is 5.10 Å². The summed E-state index contributed by atoms with van der Waals surface area (Å²) in [4.78, 5) is 25.6. The molecule has 30 heavy (non-hydrogen) atoms. The van der Waals surface area contributed by atoms with Crippen molar-refractivity contribution in [1.29, 1.82) is 0 Å². The van der Waals surface area contributed by atoms with Crippen molar-refractivity contribution in [2.24, 2.45) is 0 Å². The first-order valence-electron chi connectivity index (χ1n) is 9.48. The van der Waals surface area contributed by atoms with Crippen molar-refractivity contribution in [2.75, 3.05) is 11.4 Å². The van der Waals surface area contributed by atoms with Crippen LogP contribution in [0.1, 0.15) is 23.1 Å². The van der Waals surface area contributed by atoms with Crippen molar-refractivity contribution in [3.8, 4) is 5.69 Å². The van der Waals surface area contributed by atoms with Gasteiger partial charge in [-0.2, -0.15) is 0 Å². The number of hydrogen-bond donors (Lipinski definition) is 0. The van der Waals surface area contributed by atoms with E-state index in [1.165, 1.54) is 16.8 Å². The van der Waals surface area contributed by atoms with Crippen LogP contribution in [0.15, 0.2) is 66.7 Å². The van der Waals surface area contributed by atoms with E-state index in [0.717, 1.165) is 16.5 Å². The molecule has 1 heterocycles. The maximum atomic E-state index is 13.4. The molecule has 0 atom stereocenters. The van der Waals surface area contributed by atoms with Gasteiger partial charge in [0.2, 0.25) is 0 Å². The topological polar surface area (TPSA) is 94.2 Å². The third kappa shape index (κ3) is 3.28. The van der Waals surface area contributed by atoms with E-state index in [2.05, 4.69) is 10.3 Å². The molecule has 0 saturated heterocycles. The fourth-order valence-electron chi connectivity index (χ4n) is 3.51. The Kier molecular flexibility index (Phi) is 4.97. The van der Waals surface area contributed by atoms with Gasteiger partial charge < -0.3 is 4.90 Å². The summed E-state index contributed by atoms with van der Waals surface area (Å²) in [7, 11) is 0. The lowest BCUT2D eigenvalue weighted by Crippen LogP contribution is -2.31. The molecule has 0 saturated carbocycles. The van der Waals surface area contributed by atoms with Crippen LogP contribution < -0.4 is 4.90 Å². The van der Waals surface area contributed by atoms with E-state index in [0.29, 0.717) is 17.9 Å². The SMILES string of the molecule is CCN(C(=O)c1nnn(-c2cccc([N+](=O)[O-])c2)c1C)c1cccc2ccccc12. The number of nitrogens with zero attached hydrogens (tertiary/aromatic N) is 5. The summed E-state index contributed by atoms with van der Waals surface area (Å²) in [6.45, 7) is 4.08. The van der Waals surface area contributed by atoms with Crippen LogP contribution >= 0.6 is 0 Å². The molecule has 0 N–H and O–H groups in total. The first-order valence-corrected chi connectivity index (χ1v) is 9.48. The maximum absolute atomic E-state index is 13.4. The molecule has 1 aromatic heterocycles. The number of anilines is 1. The summed E-state index contributed by atoms with van der Waals surface area (Å²) in [5, 5.41) is 21.3. The number of amides is 1. The van der Waals surface area contributed by atoms with Gasteiger partial charge in [0, 0.05) is 24.1 Å². The molecule has 0 unspecified atom stereocenters. The van der Waals surface area contributed by atoms with Crippen molar-refractivity contribution < 1.29 is 9.72 Å². The monoisotopic (exact) mass is 401 g/mol. The molecule has 0 aliphatic carbocycles. The summed E-state index contributed by atoms with van der Waals surface area (Å²) in [6, 6.07) is 19.8. The molecule has 4 rings (SSSR count). The highest BCUT2D eigenvalue weighted by Crippen LogP contribution is 2.28. The first-order chi connectivity index (χ1) is 14.5. The van der Waals surface area contributed by atoms with Gasteiger partial charge in [0.25, 0.3) is 11.6 Å². The number of carbonyl (C=O) groups excluding carboxylic acids is 1. The summed E-state index contributed by atoms with van der Waals surface area (Å²) in [5.74, 6) is -0.275. The minimum Gasteiger partial charge on any atom is -0.307 e. The van der Waals surface area contributed by atoms with Gasteiger partial charge in [0.1, 0.15) is 0 Å². The van der Waals surface area contributed by atoms with Gasteiger partial charge in [-0.25, -0.2) is 4.68 Å². The Bertz CT molecular complexity index is 1260. The van der Waals surface area contributed by atoms with E-state index in [-0.39, 0.29) is 17.3 Å². The lowest BCUT2D eigenvalue weighted by molar-refractivity contribution is -0.384. The quantitative estimate of drug-likeness (QED) is 0.367. The summed E-state index contributed by atoms with van der Waals surface area (Å²) < 4.78 is 1.44. The van der Waals surface area contributed by atoms with E-state index >= 15 is 0 Å². The predicted octanol–water partition coefficient (Wildman–Crippen LogP) is 4.30. The Labute approximate surface area is 172 Å². The van der Waals surface area contributed by atoms with Gasteiger partial charge in [-0.05, 0) is 31.4 Å². The fraction of sp³-hybridized carbons (Fsp3) is 0.136. The van der Waals surface area contributed by atoms with Crippen molar-refractivity contribution in [3.05, 3.63) is 88.2 Å². The number of aromatic nitrogens is 3. The highest BCUT2D eigenvalue weighted by molar-refractivity contribution is 6.10. The van der Waals surface area contributed by atoms with Crippen molar-refractivity contribution in [1.82, 2.24) is 15.0 Å². The average molecular weight is 401 g/mol. The van der Waals surface area contributed by atoms with Crippen LogP contribution in [0.2, 0.25) is 0 Å². The molecule has 8 heteroatoms. The van der Waals surface area contributed by atoms with Crippen molar-refractivity contribution in [2.45, 2.75) is 13.8 Å². The Balaban J connectivity index is 1.75. The normalized spacial score (nSPS) is 10.9. The molecular formula is C22H19N5O3. The highest BCUT2D eigenvalue weighted by Gasteiger charge is 2.24. The van der Waals surface area contributed by atoms with Crippen LogP contribution in [0.3, 0.4) is 0 Å². The summed E-state index contributed by atoms with van der Waals surface area (Å²) >= 11 is 0. The van der Waals surface area contributed by atoms with Crippen LogP contribution in [0, 0.1) is 17.0 Å². The molecule has 0 aliphatic heterocycles. The molecule has 1 amide bonds.